The van der Waals surface area contributed by atoms with Gasteiger partial charge in [-0.15, -0.1) is 0 Å². The highest BCUT2D eigenvalue weighted by Crippen LogP contribution is 2.37. The van der Waals surface area contributed by atoms with Gasteiger partial charge >= 0.3 is 12.1 Å². The number of halogens is 3. The van der Waals surface area contributed by atoms with Gasteiger partial charge in [-0.3, -0.25) is 0 Å². The third kappa shape index (κ3) is 2.17. The maximum absolute atomic E-state index is 12.7. The van der Waals surface area contributed by atoms with Crippen molar-refractivity contribution in [2.45, 2.75) is 26.9 Å². The topological polar surface area (TPSA) is 76.5 Å². The van der Waals surface area contributed by atoms with Crippen molar-refractivity contribution in [1.82, 2.24) is 4.98 Å². The van der Waals surface area contributed by atoms with Crippen molar-refractivity contribution in [1.29, 1.82) is 0 Å². The van der Waals surface area contributed by atoms with Crippen molar-refractivity contribution in [3.05, 3.63) is 28.5 Å². The predicted octanol–water partition coefficient (Wildman–Crippen LogP) is 3.58. The van der Waals surface area contributed by atoms with Crippen molar-refractivity contribution in [2.24, 2.45) is 0 Å². The molecule has 0 saturated carbocycles. The molecule has 0 aromatic carbocycles. The molecule has 0 fully saturated rings. The maximum Gasteiger partial charge on any atom is 0.437 e. The summed E-state index contributed by atoms with van der Waals surface area (Å²) in [5.74, 6) is -2.66. The van der Waals surface area contributed by atoms with Gasteiger partial charge in [0.1, 0.15) is 11.5 Å². The molecule has 0 aliphatic carbocycles. The van der Waals surface area contributed by atoms with Crippen LogP contribution in [-0.2, 0) is 6.18 Å². The Hall–Kier alpha value is -2.25. The van der Waals surface area contributed by atoms with Crippen LogP contribution in [0.15, 0.2) is 8.83 Å². The van der Waals surface area contributed by atoms with Crippen molar-refractivity contribution in [3.63, 3.8) is 0 Å². The average Bonchev–Trinajstić information content (AvgIpc) is 2.82. The summed E-state index contributed by atoms with van der Waals surface area (Å²) in [5, 5.41) is 8.78. The summed E-state index contributed by atoms with van der Waals surface area (Å²) >= 11 is 0. The number of nitrogens with zero attached hydrogens (tertiary/aromatic N) is 1. The van der Waals surface area contributed by atoms with Crippen LogP contribution in [0.25, 0.3) is 11.5 Å². The number of carbonyl (C=O) groups is 1. The molecule has 0 atom stereocenters. The van der Waals surface area contributed by atoms with Crippen LogP contribution in [0.2, 0.25) is 0 Å². The van der Waals surface area contributed by atoms with Crippen LogP contribution in [0.1, 0.15) is 33.3 Å². The van der Waals surface area contributed by atoms with Crippen molar-refractivity contribution in [2.75, 3.05) is 0 Å². The number of carboxylic acid groups (broad SMARTS) is 1. The van der Waals surface area contributed by atoms with Gasteiger partial charge in [-0.2, -0.15) is 13.2 Å². The first-order valence-corrected chi connectivity index (χ1v) is 5.51. The molecule has 0 aliphatic heterocycles. The van der Waals surface area contributed by atoms with Gasteiger partial charge in [-0.25, -0.2) is 9.78 Å². The zero-order valence-corrected chi connectivity index (χ0v) is 10.8. The van der Waals surface area contributed by atoms with Crippen LogP contribution >= 0.6 is 0 Å². The number of hydrogen-bond donors (Lipinski definition) is 1. The number of hydrogen-bond acceptors (Lipinski definition) is 4. The highest BCUT2D eigenvalue weighted by atomic mass is 19.4. The van der Waals surface area contributed by atoms with Crippen LogP contribution in [0, 0.1) is 20.8 Å². The summed E-state index contributed by atoms with van der Waals surface area (Å²) in [5.41, 5.74) is -0.771. The van der Waals surface area contributed by atoms with E-state index >= 15 is 0 Å². The van der Waals surface area contributed by atoms with Gasteiger partial charge in [0.05, 0.1) is 5.56 Å². The Labute approximate surface area is 111 Å². The highest BCUT2D eigenvalue weighted by Gasteiger charge is 2.41. The summed E-state index contributed by atoms with van der Waals surface area (Å²) in [4.78, 5) is 14.1. The smallest absolute Gasteiger partial charge is 0.437 e. The lowest BCUT2D eigenvalue weighted by atomic mass is 10.1. The van der Waals surface area contributed by atoms with Crippen molar-refractivity contribution in [3.8, 4) is 11.5 Å². The SMILES string of the molecule is Cc1oc(C)c(-c2nc(C(F)(F)F)c(C(=O)O)o2)c1C. The lowest BCUT2D eigenvalue weighted by Gasteiger charge is -2.00. The number of oxazole rings is 1. The van der Waals surface area contributed by atoms with E-state index in [1.165, 1.54) is 6.92 Å². The van der Waals surface area contributed by atoms with E-state index in [4.69, 9.17) is 13.9 Å². The Morgan fingerprint density at radius 3 is 2.10 bits per heavy atom. The Balaban J connectivity index is 2.68. The molecule has 0 unspecified atom stereocenters. The number of furan rings is 1. The molecular formula is C12H10F3NO4. The molecule has 2 heterocycles. The van der Waals surface area contributed by atoms with Gasteiger partial charge in [0.2, 0.25) is 11.7 Å². The Bertz CT molecular complexity index is 682. The Kier molecular flexibility index (Phi) is 3.11. The highest BCUT2D eigenvalue weighted by molar-refractivity contribution is 5.86. The second kappa shape index (κ2) is 4.39. The van der Waals surface area contributed by atoms with Crippen LogP contribution in [0.4, 0.5) is 13.2 Å². The fourth-order valence-electron chi connectivity index (χ4n) is 1.87. The summed E-state index contributed by atoms with van der Waals surface area (Å²) < 4.78 is 48.2. The molecule has 0 amide bonds. The van der Waals surface area contributed by atoms with Gasteiger partial charge in [-0.05, 0) is 20.8 Å². The molecule has 108 valence electrons. The van der Waals surface area contributed by atoms with E-state index in [0.717, 1.165) is 0 Å². The molecule has 2 aromatic heterocycles. The van der Waals surface area contributed by atoms with Gasteiger partial charge < -0.3 is 13.9 Å². The number of alkyl halides is 3. The van der Waals surface area contributed by atoms with E-state index in [9.17, 15) is 18.0 Å². The first-order valence-electron chi connectivity index (χ1n) is 5.51. The third-order valence-corrected chi connectivity index (χ3v) is 2.87. The molecule has 0 radical (unpaired) electrons. The average molecular weight is 289 g/mol. The van der Waals surface area contributed by atoms with Crippen LogP contribution in [0.5, 0.6) is 0 Å². The van der Waals surface area contributed by atoms with Crippen molar-refractivity contribution < 1.29 is 31.9 Å². The predicted molar refractivity (Wildman–Crippen MR) is 60.4 cm³/mol. The van der Waals surface area contributed by atoms with E-state index in [-0.39, 0.29) is 5.56 Å². The zero-order chi connectivity index (χ0) is 15.2. The Morgan fingerprint density at radius 1 is 1.15 bits per heavy atom. The lowest BCUT2D eigenvalue weighted by molar-refractivity contribution is -0.141. The molecule has 1 N–H and O–H groups in total. The molecule has 5 nitrogen and oxygen atoms in total. The van der Waals surface area contributed by atoms with E-state index < -0.39 is 29.5 Å². The van der Waals surface area contributed by atoms with Crippen LogP contribution in [-0.4, -0.2) is 16.1 Å². The summed E-state index contributed by atoms with van der Waals surface area (Å²) in [6.45, 7) is 4.80. The monoisotopic (exact) mass is 289 g/mol. The first-order chi connectivity index (χ1) is 9.12. The van der Waals surface area contributed by atoms with Crippen molar-refractivity contribution >= 4 is 5.97 Å². The molecule has 8 heteroatoms. The molecule has 0 aliphatic rings. The van der Waals surface area contributed by atoms with E-state index in [2.05, 4.69) is 4.98 Å². The minimum Gasteiger partial charge on any atom is -0.475 e. The summed E-state index contributed by atoms with van der Waals surface area (Å²) in [7, 11) is 0. The first kappa shape index (κ1) is 14.2. The van der Waals surface area contributed by atoms with Gasteiger partial charge in [0, 0.05) is 5.56 Å². The maximum atomic E-state index is 12.7. The third-order valence-electron chi connectivity index (χ3n) is 2.87. The number of carboxylic acids is 1. The minimum atomic E-state index is -4.91. The summed E-state index contributed by atoms with van der Waals surface area (Å²) in [6, 6.07) is 0. The standard InChI is InChI=1S/C12H10F3NO4/c1-4-5(2)19-6(3)7(4)10-16-9(12(13,14)15)8(20-10)11(17)18/h1-3H3,(H,17,18). The summed E-state index contributed by atoms with van der Waals surface area (Å²) in [6.07, 6.45) is -4.91. The number of rotatable bonds is 2. The molecular weight excluding hydrogens is 279 g/mol. The molecule has 2 aromatic rings. The fraction of sp³-hybridized carbons (Fsp3) is 0.333. The number of aromatic nitrogens is 1. The van der Waals surface area contributed by atoms with Gasteiger partial charge in [-0.1, -0.05) is 0 Å². The second-order valence-corrected chi connectivity index (χ2v) is 4.21. The van der Waals surface area contributed by atoms with Gasteiger partial charge in [0.25, 0.3) is 0 Å². The Morgan fingerprint density at radius 2 is 1.75 bits per heavy atom. The lowest BCUT2D eigenvalue weighted by Crippen LogP contribution is -2.11. The number of aromatic carboxylic acids is 1. The van der Waals surface area contributed by atoms with Crippen LogP contribution in [0.3, 0.4) is 0 Å². The number of aryl methyl sites for hydroxylation is 2. The molecule has 0 spiro atoms. The largest absolute Gasteiger partial charge is 0.475 e. The van der Waals surface area contributed by atoms with Crippen LogP contribution < -0.4 is 0 Å². The van der Waals surface area contributed by atoms with E-state index in [0.29, 0.717) is 17.1 Å². The second-order valence-electron chi connectivity index (χ2n) is 4.21. The van der Waals surface area contributed by atoms with E-state index in [1.54, 1.807) is 13.8 Å². The molecule has 2 rings (SSSR count). The zero-order valence-electron chi connectivity index (χ0n) is 10.8. The molecule has 20 heavy (non-hydrogen) atoms. The van der Waals surface area contributed by atoms with E-state index in [1.807, 2.05) is 0 Å². The minimum absolute atomic E-state index is 0.237. The van der Waals surface area contributed by atoms with Gasteiger partial charge in [0.15, 0.2) is 5.69 Å². The fourth-order valence-corrected chi connectivity index (χ4v) is 1.87. The normalized spacial score (nSPS) is 11.9. The molecule has 0 bridgehead atoms. The quantitative estimate of drug-likeness (QED) is 0.914. The molecule has 0 saturated heterocycles.